The van der Waals surface area contributed by atoms with Gasteiger partial charge in [0.15, 0.2) is 17.5 Å². The Hall–Kier alpha value is -5.35. The number of aryl methyl sites for hydroxylation is 1. The van der Waals surface area contributed by atoms with Crippen molar-refractivity contribution in [3.63, 3.8) is 0 Å². The van der Waals surface area contributed by atoms with Crippen molar-refractivity contribution in [3.8, 4) is 5.69 Å². The Kier molecular flexibility index (Phi) is 6.05. The van der Waals surface area contributed by atoms with Gasteiger partial charge in [0, 0.05) is 17.3 Å². The van der Waals surface area contributed by atoms with Crippen LogP contribution in [0, 0.1) is 22.9 Å². The molecule has 1 atom stereocenters. The summed E-state index contributed by atoms with van der Waals surface area (Å²) >= 11 is 6.08. The first-order chi connectivity index (χ1) is 20.4. The van der Waals surface area contributed by atoms with Gasteiger partial charge < -0.3 is 10.2 Å². The predicted molar refractivity (Wildman–Crippen MR) is 161 cm³/mol. The summed E-state index contributed by atoms with van der Waals surface area (Å²) in [7, 11) is 0. The highest BCUT2D eigenvalue weighted by atomic mass is 35.5. The van der Waals surface area contributed by atoms with Gasteiger partial charge in [0.2, 0.25) is 0 Å². The van der Waals surface area contributed by atoms with Crippen molar-refractivity contribution in [1.82, 2.24) is 9.78 Å². The van der Waals surface area contributed by atoms with Crippen LogP contribution < -0.4 is 10.2 Å². The van der Waals surface area contributed by atoms with Gasteiger partial charge in [0.1, 0.15) is 10.8 Å². The number of aliphatic imine (C=N–C) groups is 2. The minimum Gasteiger partial charge on any atom is -0.337 e. The summed E-state index contributed by atoms with van der Waals surface area (Å²) in [6.07, 6.45) is 0. The average molecular weight is 578 g/mol. The molecule has 3 heterocycles. The lowest BCUT2D eigenvalue weighted by Crippen LogP contribution is -2.46. The monoisotopic (exact) mass is 577 g/mol. The Morgan fingerprint density at radius 1 is 0.952 bits per heavy atom. The van der Waals surface area contributed by atoms with E-state index in [2.05, 4.69) is 10.2 Å². The second-order valence-corrected chi connectivity index (χ2v) is 10.2. The topological polar surface area (TPSA) is 101 Å². The molecule has 0 fully saturated rings. The number of aromatic nitrogens is 2. The molecule has 42 heavy (non-hydrogen) atoms. The SMILES string of the molecule is Cc1nn(-c2ccccc2)c2c1C(c1ccc(F)cc1)N1C(=N2)C(Nc2ccc(Cl)c([N+](=O)[O-])c2)=Nc2ccccc21. The van der Waals surface area contributed by atoms with Crippen molar-refractivity contribution in [2.24, 2.45) is 9.98 Å². The zero-order chi connectivity index (χ0) is 29.0. The van der Waals surface area contributed by atoms with E-state index in [0.29, 0.717) is 28.9 Å². The van der Waals surface area contributed by atoms with E-state index >= 15 is 0 Å². The summed E-state index contributed by atoms with van der Waals surface area (Å²) in [4.78, 5) is 23.1. The van der Waals surface area contributed by atoms with Gasteiger partial charge >= 0.3 is 0 Å². The Morgan fingerprint density at radius 3 is 2.45 bits per heavy atom. The summed E-state index contributed by atoms with van der Waals surface area (Å²) in [6.45, 7) is 1.94. The molecule has 1 aromatic heterocycles. The van der Waals surface area contributed by atoms with E-state index in [1.165, 1.54) is 24.3 Å². The van der Waals surface area contributed by atoms with Gasteiger partial charge in [-0.1, -0.05) is 54.1 Å². The number of halogens is 2. The minimum atomic E-state index is -0.534. The molecule has 0 amide bonds. The van der Waals surface area contributed by atoms with E-state index in [1.54, 1.807) is 22.9 Å². The van der Waals surface area contributed by atoms with Crippen LogP contribution in [0.5, 0.6) is 0 Å². The molecule has 2 aliphatic heterocycles. The van der Waals surface area contributed by atoms with Gasteiger partial charge in [0.05, 0.1) is 33.7 Å². The number of hydrogen-bond acceptors (Lipinski definition) is 7. The van der Waals surface area contributed by atoms with Gasteiger partial charge in [-0.2, -0.15) is 5.10 Å². The van der Waals surface area contributed by atoms with E-state index in [-0.39, 0.29) is 16.5 Å². The minimum absolute atomic E-state index is 0.0290. The van der Waals surface area contributed by atoms with Crippen LogP contribution in [0.1, 0.15) is 22.9 Å². The first-order valence-corrected chi connectivity index (χ1v) is 13.4. The van der Waals surface area contributed by atoms with Crippen LogP contribution in [0.4, 0.5) is 33.0 Å². The molecule has 0 radical (unpaired) electrons. The van der Waals surface area contributed by atoms with Crippen LogP contribution in [0.25, 0.3) is 5.69 Å². The summed E-state index contributed by atoms with van der Waals surface area (Å²) in [5.74, 6) is 1.12. The Morgan fingerprint density at radius 2 is 1.69 bits per heavy atom. The van der Waals surface area contributed by atoms with Crippen molar-refractivity contribution in [2.45, 2.75) is 13.0 Å². The summed E-state index contributed by atoms with van der Waals surface area (Å²) in [6, 6.07) is 27.8. The van der Waals surface area contributed by atoms with Crippen LogP contribution in [0.3, 0.4) is 0 Å². The van der Waals surface area contributed by atoms with Crippen molar-refractivity contribution < 1.29 is 9.31 Å². The molecule has 9 nitrogen and oxygen atoms in total. The molecule has 7 rings (SSSR count). The maximum absolute atomic E-state index is 14.1. The van der Waals surface area contributed by atoms with Crippen LogP contribution in [-0.4, -0.2) is 26.4 Å². The number of fused-ring (bicyclic) bond motifs is 4. The molecular formula is C31H21ClFN7O2. The van der Waals surface area contributed by atoms with Gasteiger partial charge in [-0.15, -0.1) is 0 Å². The Labute approximate surface area is 244 Å². The van der Waals surface area contributed by atoms with Gasteiger partial charge in [0.25, 0.3) is 5.69 Å². The molecule has 206 valence electrons. The molecule has 0 bridgehead atoms. The van der Waals surface area contributed by atoms with E-state index in [0.717, 1.165) is 28.2 Å². The van der Waals surface area contributed by atoms with Crippen molar-refractivity contribution in [1.29, 1.82) is 0 Å². The molecule has 1 N–H and O–H groups in total. The fourth-order valence-corrected chi connectivity index (χ4v) is 5.56. The van der Waals surface area contributed by atoms with E-state index in [1.807, 2.05) is 61.5 Å². The number of rotatable bonds is 4. The number of hydrogen-bond donors (Lipinski definition) is 1. The molecule has 0 saturated heterocycles. The highest BCUT2D eigenvalue weighted by Gasteiger charge is 2.41. The largest absolute Gasteiger partial charge is 0.337 e. The molecule has 4 aromatic carbocycles. The first kappa shape index (κ1) is 25.6. The lowest BCUT2D eigenvalue weighted by Gasteiger charge is -2.40. The normalized spacial score (nSPS) is 15.2. The zero-order valence-corrected chi connectivity index (χ0v) is 22.8. The standard InChI is InChI=1S/C31H21ClFN7O2/c1-18-27-28(19-11-13-20(33)14-12-19)38-25-10-6-5-9-24(25)35-29(34-21-15-16-23(32)26(17-21)40(41)42)31(38)36-30(27)39(37-18)22-7-3-2-4-8-22/h2-17,28H,1H3,(H,34,35). The molecule has 0 aliphatic carbocycles. The van der Waals surface area contributed by atoms with Gasteiger partial charge in [-0.05, 0) is 61.0 Å². The Balaban J connectivity index is 1.47. The smallest absolute Gasteiger partial charge is 0.289 e. The molecule has 0 spiro atoms. The number of nitrogens with one attached hydrogen (secondary N) is 1. The summed E-state index contributed by atoms with van der Waals surface area (Å²) in [5.41, 5.74) is 4.96. The maximum Gasteiger partial charge on any atom is 0.289 e. The number of para-hydroxylation sites is 3. The predicted octanol–water partition coefficient (Wildman–Crippen LogP) is 7.68. The van der Waals surface area contributed by atoms with Crippen molar-refractivity contribution >= 4 is 51.8 Å². The fraction of sp³-hybridized carbons (Fsp3) is 0.0645. The van der Waals surface area contributed by atoms with E-state index in [4.69, 9.17) is 26.7 Å². The number of benzene rings is 4. The van der Waals surface area contributed by atoms with Crippen LogP contribution >= 0.6 is 11.6 Å². The second-order valence-electron chi connectivity index (χ2n) is 9.83. The van der Waals surface area contributed by atoms with Gasteiger partial charge in [-0.25, -0.2) is 19.1 Å². The average Bonchev–Trinajstić information content (AvgIpc) is 3.34. The summed E-state index contributed by atoms with van der Waals surface area (Å²) < 4.78 is 15.9. The lowest BCUT2D eigenvalue weighted by atomic mass is 9.93. The fourth-order valence-electron chi connectivity index (χ4n) is 5.37. The highest BCUT2D eigenvalue weighted by Crippen LogP contribution is 2.48. The number of amidine groups is 2. The third-order valence-corrected chi connectivity index (χ3v) is 7.55. The van der Waals surface area contributed by atoms with Crippen molar-refractivity contribution in [2.75, 3.05) is 10.2 Å². The van der Waals surface area contributed by atoms with Crippen LogP contribution in [-0.2, 0) is 0 Å². The molecule has 5 aromatic rings. The molecular weight excluding hydrogens is 557 g/mol. The van der Waals surface area contributed by atoms with E-state index in [9.17, 15) is 14.5 Å². The second kappa shape index (κ2) is 9.93. The number of anilines is 2. The molecule has 1 unspecified atom stereocenters. The quantitative estimate of drug-likeness (QED) is 0.174. The maximum atomic E-state index is 14.1. The van der Waals surface area contributed by atoms with Crippen molar-refractivity contribution in [3.05, 3.63) is 135 Å². The Bertz CT molecular complexity index is 1940. The number of nitrogens with zero attached hydrogens (tertiary/aromatic N) is 6. The van der Waals surface area contributed by atoms with Crippen LogP contribution in [0.15, 0.2) is 107 Å². The highest BCUT2D eigenvalue weighted by molar-refractivity contribution is 6.51. The molecule has 11 heteroatoms. The molecule has 0 saturated carbocycles. The number of nitro groups is 1. The van der Waals surface area contributed by atoms with Crippen LogP contribution in [0.2, 0.25) is 5.02 Å². The lowest BCUT2D eigenvalue weighted by molar-refractivity contribution is -0.384. The van der Waals surface area contributed by atoms with E-state index < -0.39 is 11.0 Å². The summed E-state index contributed by atoms with van der Waals surface area (Å²) in [5, 5.41) is 19.7. The number of nitro benzene ring substituents is 1. The molecule has 2 aliphatic rings. The third-order valence-electron chi connectivity index (χ3n) is 7.23. The van der Waals surface area contributed by atoms with Gasteiger partial charge in [-0.3, -0.25) is 10.1 Å². The first-order valence-electron chi connectivity index (χ1n) is 13.1. The third kappa shape index (κ3) is 4.20. The zero-order valence-electron chi connectivity index (χ0n) is 22.1.